The van der Waals surface area contributed by atoms with E-state index in [1.54, 1.807) is 30.0 Å². The van der Waals surface area contributed by atoms with Crippen molar-refractivity contribution in [2.75, 3.05) is 19.4 Å². The highest BCUT2D eigenvalue weighted by Gasteiger charge is 2.23. The minimum absolute atomic E-state index is 0.111. The van der Waals surface area contributed by atoms with Crippen molar-refractivity contribution in [3.05, 3.63) is 52.3 Å². The largest absolute Gasteiger partial charge is 0.488 e. The van der Waals surface area contributed by atoms with E-state index < -0.39 is 0 Å². The summed E-state index contributed by atoms with van der Waals surface area (Å²) in [5.74, 6) is 1.73. The monoisotopic (exact) mass is 458 g/mol. The number of hydrogen-bond acceptors (Lipinski definition) is 5. The molecule has 2 heterocycles. The molecule has 1 aliphatic carbocycles. The van der Waals surface area contributed by atoms with Crippen LogP contribution in [-0.2, 0) is 11.2 Å². The molecule has 2 aliphatic rings. The van der Waals surface area contributed by atoms with Gasteiger partial charge in [-0.15, -0.1) is 10.2 Å². The molecule has 0 bridgehead atoms. The minimum atomic E-state index is -0.111. The molecule has 31 heavy (non-hydrogen) atoms. The van der Waals surface area contributed by atoms with E-state index in [0.717, 1.165) is 40.7 Å². The third kappa shape index (κ3) is 5.52. The van der Waals surface area contributed by atoms with E-state index >= 15 is 0 Å². The Bertz CT molecular complexity index is 995. The van der Waals surface area contributed by atoms with Crippen LogP contribution in [-0.4, -0.2) is 40.1 Å². The van der Waals surface area contributed by atoms with Gasteiger partial charge in [-0.05, 0) is 55.4 Å². The minimum Gasteiger partial charge on any atom is -0.488 e. The van der Waals surface area contributed by atoms with Gasteiger partial charge >= 0.3 is 0 Å². The summed E-state index contributed by atoms with van der Waals surface area (Å²) in [6.07, 6.45) is 14.0. The van der Waals surface area contributed by atoms with Gasteiger partial charge in [0.05, 0.1) is 0 Å². The molecule has 4 rings (SSSR count). The van der Waals surface area contributed by atoms with E-state index in [4.69, 9.17) is 16.3 Å². The van der Waals surface area contributed by atoms with Gasteiger partial charge < -0.3 is 14.6 Å². The lowest BCUT2D eigenvalue weighted by Crippen LogP contribution is -2.23. The highest BCUT2D eigenvalue weighted by atomic mass is 35.5. The van der Waals surface area contributed by atoms with Gasteiger partial charge in [-0.3, -0.25) is 4.79 Å². The van der Waals surface area contributed by atoms with Gasteiger partial charge in [0.15, 0.2) is 5.16 Å². The molecule has 0 unspecified atom stereocenters. The molecule has 164 valence electrons. The number of nitrogens with one attached hydrogen (secondary N) is 1. The summed E-state index contributed by atoms with van der Waals surface area (Å²) in [7, 11) is 0. The highest BCUT2D eigenvalue weighted by Crippen LogP contribution is 2.33. The van der Waals surface area contributed by atoms with E-state index in [1.165, 1.54) is 25.7 Å². The van der Waals surface area contributed by atoms with Crippen molar-refractivity contribution in [1.82, 2.24) is 20.1 Å². The van der Waals surface area contributed by atoms with E-state index in [1.807, 2.05) is 24.5 Å². The molecule has 1 saturated carbocycles. The number of aryl methyl sites for hydroxylation is 1. The van der Waals surface area contributed by atoms with Crippen molar-refractivity contribution in [2.24, 2.45) is 0 Å². The lowest BCUT2D eigenvalue weighted by Gasteiger charge is -2.16. The van der Waals surface area contributed by atoms with Crippen LogP contribution in [0.4, 0.5) is 0 Å². The average molecular weight is 459 g/mol. The Morgan fingerprint density at radius 1 is 1.35 bits per heavy atom. The van der Waals surface area contributed by atoms with Crippen LogP contribution in [0.25, 0.3) is 6.08 Å². The molecular weight excluding hydrogens is 432 g/mol. The summed E-state index contributed by atoms with van der Waals surface area (Å²) in [5, 5.41) is 13.4. The number of thioether (sulfide) groups is 1. The first kappa shape index (κ1) is 22.0. The van der Waals surface area contributed by atoms with Crippen LogP contribution >= 0.6 is 23.4 Å². The predicted molar refractivity (Wildman–Crippen MR) is 125 cm³/mol. The van der Waals surface area contributed by atoms with E-state index in [0.29, 0.717) is 24.2 Å². The first-order chi connectivity index (χ1) is 15.1. The lowest BCUT2D eigenvalue weighted by molar-refractivity contribution is -0.116. The molecule has 1 aromatic carbocycles. The maximum Gasteiger partial charge on any atom is 0.243 e. The van der Waals surface area contributed by atoms with Gasteiger partial charge in [-0.1, -0.05) is 42.3 Å². The van der Waals surface area contributed by atoms with Gasteiger partial charge in [0.2, 0.25) is 5.91 Å². The van der Waals surface area contributed by atoms with Crippen molar-refractivity contribution in [1.29, 1.82) is 0 Å². The quantitative estimate of drug-likeness (QED) is 0.348. The molecule has 1 aliphatic heterocycles. The van der Waals surface area contributed by atoms with Crippen LogP contribution in [0.15, 0.2) is 41.1 Å². The SMILES string of the molecule is CSc1nnc(CCCNC(=O)/C=C/C2=Cc3cc(Cl)ccc3OC2)n1C1CCCC1. The second kappa shape index (κ2) is 10.4. The number of ether oxygens (including phenoxy) is 1. The molecule has 2 aromatic rings. The summed E-state index contributed by atoms with van der Waals surface area (Å²) in [6, 6.07) is 6.05. The first-order valence-electron chi connectivity index (χ1n) is 10.7. The number of hydrogen-bond donors (Lipinski definition) is 1. The summed E-state index contributed by atoms with van der Waals surface area (Å²) in [5.41, 5.74) is 1.86. The average Bonchev–Trinajstić information content (AvgIpc) is 3.44. The second-order valence-corrected chi connectivity index (χ2v) is 9.04. The Kier molecular flexibility index (Phi) is 7.35. The zero-order chi connectivity index (χ0) is 21.6. The van der Waals surface area contributed by atoms with Gasteiger partial charge in [0.25, 0.3) is 0 Å². The fraction of sp³-hybridized carbons (Fsp3) is 0.435. The van der Waals surface area contributed by atoms with E-state index in [2.05, 4.69) is 20.1 Å². The zero-order valence-corrected chi connectivity index (χ0v) is 19.2. The number of benzene rings is 1. The number of amides is 1. The van der Waals surface area contributed by atoms with Crippen LogP contribution in [0.2, 0.25) is 5.02 Å². The molecule has 1 aromatic heterocycles. The van der Waals surface area contributed by atoms with E-state index in [9.17, 15) is 4.79 Å². The second-order valence-electron chi connectivity index (χ2n) is 7.83. The van der Waals surface area contributed by atoms with Crippen molar-refractivity contribution >= 4 is 35.3 Å². The fourth-order valence-corrected chi connectivity index (χ4v) is 4.86. The van der Waals surface area contributed by atoms with Gasteiger partial charge in [0, 0.05) is 35.7 Å². The van der Waals surface area contributed by atoms with Crippen LogP contribution < -0.4 is 10.1 Å². The van der Waals surface area contributed by atoms with Crippen LogP contribution in [0.5, 0.6) is 5.75 Å². The lowest BCUT2D eigenvalue weighted by atomic mass is 10.1. The molecule has 0 radical (unpaired) electrons. The summed E-state index contributed by atoms with van der Waals surface area (Å²) in [4.78, 5) is 12.2. The molecule has 1 N–H and O–H groups in total. The molecule has 8 heteroatoms. The Balaban J connectivity index is 1.26. The first-order valence-corrected chi connectivity index (χ1v) is 12.3. The van der Waals surface area contributed by atoms with Gasteiger partial charge in [-0.25, -0.2) is 0 Å². The maximum atomic E-state index is 12.2. The molecule has 6 nitrogen and oxygen atoms in total. The van der Waals surface area contributed by atoms with Crippen LogP contribution in [0.1, 0.15) is 49.5 Å². The predicted octanol–water partition coefficient (Wildman–Crippen LogP) is 4.85. The Morgan fingerprint density at radius 3 is 3.00 bits per heavy atom. The van der Waals surface area contributed by atoms with Crippen molar-refractivity contribution < 1.29 is 9.53 Å². The molecule has 0 saturated heterocycles. The molecule has 0 atom stereocenters. The molecule has 1 fully saturated rings. The van der Waals surface area contributed by atoms with Crippen LogP contribution in [0, 0.1) is 0 Å². The Hall–Kier alpha value is -2.25. The number of carbonyl (C=O) groups excluding carboxylic acids is 1. The third-order valence-electron chi connectivity index (χ3n) is 5.64. The number of carbonyl (C=O) groups is 1. The smallest absolute Gasteiger partial charge is 0.243 e. The number of nitrogens with zero attached hydrogens (tertiary/aromatic N) is 3. The van der Waals surface area contributed by atoms with Crippen molar-refractivity contribution in [2.45, 2.75) is 49.7 Å². The fourth-order valence-electron chi connectivity index (χ4n) is 4.11. The van der Waals surface area contributed by atoms with Crippen molar-refractivity contribution in [3.63, 3.8) is 0 Å². The topological polar surface area (TPSA) is 69.0 Å². The standard InChI is InChI=1S/C23H27ClN4O2S/c1-31-23-27-26-21(28(23)19-5-2-3-6-19)7-4-12-25-22(29)11-8-16-13-17-14-18(24)9-10-20(17)30-15-16/h8-11,13-14,19H,2-7,12,15H2,1H3,(H,25,29)/b11-8+. The maximum absolute atomic E-state index is 12.2. The van der Waals surface area contributed by atoms with Gasteiger partial charge in [0.1, 0.15) is 18.2 Å². The number of rotatable bonds is 8. The van der Waals surface area contributed by atoms with Gasteiger partial charge in [-0.2, -0.15) is 0 Å². The molecule has 1 amide bonds. The normalized spacial score (nSPS) is 16.3. The number of fused-ring (bicyclic) bond motifs is 1. The van der Waals surface area contributed by atoms with Crippen molar-refractivity contribution in [3.8, 4) is 5.75 Å². The Labute approximate surface area is 192 Å². The summed E-state index contributed by atoms with van der Waals surface area (Å²) < 4.78 is 8.03. The molecule has 0 spiro atoms. The third-order valence-corrected chi connectivity index (χ3v) is 6.52. The number of aromatic nitrogens is 3. The summed E-state index contributed by atoms with van der Waals surface area (Å²) >= 11 is 7.70. The highest BCUT2D eigenvalue weighted by molar-refractivity contribution is 7.98. The van der Waals surface area contributed by atoms with E-state index in [-0.39, 0.29) is 5.91 Å². The molecular formula is C23H27ClN4O2S. The van der Waals surface area contributed by atoms with Crippen LogP contribution in [0.3, 0.4) is 0 Å². The zero-order valence-electron chi connectivity index (χ0n) is 17.6. The number of halogens is 1. The Morgan fingerprint density at radius 2 is 2.19 bits per heavy atom. The summed E-state index contributed by atoms with van der Waals surface area (Å²) in [6.45, 7) is 1.04.